The highest BCUT2D eigenvalue weighted by molar-refractivity contribution is 6.31. The predicted molar refractivity (Wildman–Crippen MR) is 122 cm³/mol. The Hall–Kier alpha value is -2.86. The SMILES string of the molecule is O=C(COC(=O)C1CCCCC1C(=O)N1CCc2ccccc21)NCc1ccccc1Cl. The molecule has 1 fully saturated rings. The van der Waals surface area contributed by atoms with Crippen LogP contribution in [0.3, 0.4) is 0 Å². The van der Waals surface area contributed by atoms with E-state index >= 15 is 0 Å². The van der Waals surface area contributed by atoms with Gasteiger partial charge >= 0.3 is 5.97 Å². The Balaban J connectivity index is 1.33. The first-order chi connectivity index (χ1) is 15.5. The highest BCUT2D eigenvalue weighted by Crippen LogP contribution is 2.36. The van der Waals surface area contributed by atoms with Crippen molar-refractivity contribution in [1.82, 2.24) is 5.32 Å². The van der Waals surface area contributed by atoms with Crippen molar-refractivity contribution >= 4 is 35.1 Å². The Labute approximate surface area is 192 Å². The van der Waals surface area contributed by atoms with Gasteiger partial charge in [0.05, 0.1) is 11.8 Å². The number of nitrogens with zero attached hydrogens (tertiary/aromatic N) is 1. The molecule has 2 atom stereocenters. The predicted octanol–water partition coefficient (Wildman–Crippen LogP) is 3.90. The van der Waals surface area contributed by atoms with E-state index in [1.165, 1.54) is 0 Å². The summed E-state index contributed by atoms with van der Waals surface area (Å²) >= 11 is 6.10. The second kappa shape index (κ2) is 10.2. The number of fused-ring (bicyclic) bond motifs is 1. The van der Waals surface area contributed by atoms with Gasteiger partial charge in [0.2, 0.25) is 5.91 Å². The molecule has 2 amide bonds. The van der Waals surface area contributed by atoms with Crippen molar-refractivity contribution in [1.29, 1.82) is 0 Å². The molecule has 0 radical (unpaired) electrons. The highest BCUT2D eigenvalue weighted by Gasteiger charge is 2.40. The van der Waals surface area contributed by atoms with E-state index in [1.54, 1.807) is 6.07 Å². The smallest absolute Gasteiger partial charge is 0.310 e. The fraction of sp³-hybridized carbons (Fsp3) is 0.400. The molecular weight excluding hydrogens is 428 g/mol. The van der Waals surface area contributed by atoms with Gasteiger partial charge in [-0.3, -0.25) is 14.4 Å². The number of esters is 1. The minimum absolute atomic E-state index is 0.0141. The van der Waals surface area contributed by atoms with E-state index in [1.807, 2.05) is 47.4 Å². The van der Waals surface area contributed by atoms with Crippen LogP contribution in [0.5, 0.6) is 0 Å². The van der Waals surface area contributed by atoms with E-state index in [2.05, 4.69) is 5.32 Å². The molecular formula is C25H27ClN2O4. The Bertz CT molecular complexity index is 1010. The van der Waals surface area contributed by atoms with Crippen LogP contribution < -0.4 is 10.2 Å². The van der Waals surface area contributed by atoms with Crippen molar-refractivity contribution in [3.05, 3.63) is 64.7 Å². The lowest BCUT2D eigenvalue weighted by atomic mass is 9.78. The van der Waals surface area contributed by atoms with Gasteiger partial charge < -0.3 is 15.0 Å². The van der Waals surface area contributed by atoms with Crippen LogP contribution in [0.4, 0.5) is 5.69 Å². The maximum Gasteiger partial charge on any atom is 0.310 e. The molecule has 2 aliphatic rings. The number of nitrogens with one attached hydrogen (secondary N) is 1. The Morgan fingerprint density at radius 2 is 1.72 bits per heavy atom. The Morgan fingerprint density at radius 1 is 1.00 bits per heavy atom. The molecule has 0 bridgehead atoms. The number of hydrogen-bond donors (Lipinski definition) is 1. The fourth-order valence-corrected chi connectivity index (χ4v) is 4.81. The second-order valence-electron chi connectivity index (χ2n) is 8.34. The summed E-state index contributed by atoms with van der Waals surface area (Å²) in [5.74, 6) is -1.80. The van der Waals surface area contributed by atoms with Crippen LogP contribution in [-0.2, 0) is 32.1 Å². The van der Waals surface area contributed by atoms with Gasteiger partial charge in [0.15, 0.2) is 6.61 Å². The van der Waals surface area contributed by atoms with Gasteiger partial charge in [-0.15, -0.1) is 0 Å². The van der Waals surface area contributed by atoms with Crippen molar-refractivity contribution < 1.29 is 19.1 Å². The number of anilines is 1. The molecule has 0 aromatic heterocycles. The van der Waals surface area contributed by atoms with Crippen molar-refractivity contribution in [2.45, 2.75) is 38.6 Å². The molecule has 1 N–H and O–H groups in total. The monoisotopic (exact) mass is 454 g/mol. The minimum Gasteiger partial charge on any atom is -0.455 e. The first kappa shape index (κ1) is 22.3. The van der Waals surface area contributed by atoms with Gasteiger partial charge in [-0.25, -0.2) is 0 Å². The van der Waals surface area contributed by atoms with Crippen LogP contribution >= 0.6 is 11.6 Å². The zero-order chi connectivity index (χ0) is 22.5. The van der Waals surface area contributed by atoms with Gasteiger partial charge in [0, 0.05) is 23.8 Å². The van der Waals surface area contributed by atoms with Crippen molar-refractivity contribution in [2.24, 2.45) is 11.8 Å². The van der Waals surface area contributed by atoms with Crippen molar-refractivity contribution in [3.63, 3.8) is 0 Å². The molecule has 32 heavy (non-hydrogen) atoms. The largest absolute Gasteiger partial charge is 0.455 e. The number of rotatable bonds is 6. The molecule has 1 saturated carbocycles. The van der Waals surface area contributed by atoms with E-state index in [0.29, 0.717) is 24.4 Å². The summed E-state index contributed by atoms with van der Waals surface area (Å²) in [4.78, 5) is 40.1. The number of amides is 2. The Kier molecular flexibility index (Phi) is 7.10. The average Bonchev–Trinajstić information content (AvgIpc) is 3.26. The number of benzene rings is 2. The van der Waals surface area contributed by atoms with E-state index < -0.39 is 23.7 Å². The molecule has 2 aromatic carbocycles. The number of carbonyl (C=O) groups is 3. The molecule has 2 unspecified atom stereocenters. The molecule has 4 rings (SSSR count). The lowest BCUT2D eigenvalue weighted by molar-refractivity contribution is -0.157. The summed E-state index contributed by atoms with van der Waals surface area (Å²) in [5, 5.41) is 3.28. The van der Waals surface area contributed by atoms with Gasteiger partial charge in [0.1, 0.15) is 0 Å². The zero-order valence-corrected chi connectivity index (χ0v) is 18.6. The van der Waals surface area contributed by atoms with Gasteiger partial charge in [-0.05, 0) is 42.5 Å². The van der Waals surface area contributed by atoms with Crippen molar-refractivity contribution in [2.75, 3.05) is 18.1 Å². The number of carbonyl (C=O) groups excluding carboxylic acids is 3. The summed E-state index contributed by atoms with van der Waals surface area (Å²) in [6.07, 6.45) is 3.88. The molecule has 2 aromatic rings. The lowest BCUT2D eigenvalue weighted by Gasteiger charge is -2.32. The molecule has 0 saturated heterocycles. The highest BCUT2D eigenvalue weighted by atomic mass is 35.5. The van der Waals surface area contributed by atoms with E-state index in [9.17, 15) is 14.4 Å². The van der Waals surface area contributed by atoms with Crippen LogP contribution in [-0.4, -0.2) is 30.9 Å². The third-order valence-corrected chi connectivity index (χ3v) is 6.69. The fourth-order valence-electron chi connectivity index (χ4n) is 4.61. The summed E-state index contributed by atoms with van der Waals surface area (Å²) in [6.45, 7) is 0.531. The molecule has 1 heterocycles. The summed E-state index contributed by atoms with van der Waals surface area (Å²) < 4.78 is 5.32. The van der Waals surface area contributed by atoms with E-state index in [0.717, 1.165) is 36.1 Å². The number of para-hydroxylation sites is 1. The topological polar surface area (TPSA) is 75.7 Å². The summed E-state index contributed by atoms with van der Waals surface area (Å²) in [5.41, 5.74) is 2.89. The van der Waals surface area contributed by atoms with Crippen molar-refractivity contribution in [3.8, 4) is 0 Å². The van der Waals surface area contributed by atoms with Gasteiger partial charge in [-0.2, -0.15) is 0 Å². The first-order valence-corrected chi connectivity index (χ1v) is 11.5. The second-order valence-corrected chi connectivity index (χ2v) is 8.75. The quantitative estimate of drug-likeness (QED) is 0.672. The Morgan fingerprint density at radius 3 is 2.53 bits per heavy atom. The maximum atomic E-state index is 13.3. The molecule has 168 valence electrons. The molecule has 1 aliphatic carbocycles. The standard InChI is InChI=1S/C25H27ClN2O4/c26-21-11-5-1-8-18(21)15-27-23(29)16-32-25(31)20-10-4-3-9-19(20)24(30)28-14-13-17-7-2-6-12-22(17)28/h1-2,5-8,11-12,19-20H,3-4,9-10,13-16H2,(H,27,29). The lowest BCUT2D eigenvalue weighted by Crippen LogP contribution is -2.43. The van der Waals surface area contributed by atoms with Gasteiger partial charge in [-0.1, -0.05) is 60.8 Å². The van der Waals surface area contributed by atoms with Crippen LogP contribution in [0.1, 0.15) is 36.8 Å². The third kappa shape index (κ3) is 4.96. The molecule has 7 heteroatoms. The summed E-state index contributed by atoms with van der Waals surface area (Å²) in [7, 11) is 0. The normalized spacial score (nSPS) is 19.8. The van der Waals surface area contributed by atoms with Crippen LogP contribution in [0, 0.1) is 11.8 Å². The number of halogens is 1. The average molecular weight is 455 g/mol. The number of ether oxygens (including phenoxy) is 1. The first-order valence-electron chi connectivity index (χ1n) is 11.1. The number of hydrogen-bond acceptors (Lipinski definition) is 4. The van der Waals surface area contributed by atoms with Crippen LogP contribution in [0.25, 0.3) is 0 Å². The van der Waals surface area contributed by atoms with Crippen LogP contribution in [0.15, 0.2) is 48.5 Å². The third-order valence-electron chi connectivity index (χ3n) is 6.32. The molecule has 0 spiro atoms. The summed E-state index contributed by atoms with van der Waals surface area (Å²) in [6, 6.07) is 15.1. The van der Waals surface area contributed by atoms with E-state index in [-0.39, 0.29) is 19.1 Å². The van der Waals surface area contributed by atoms with Crippen LogP contribution in [0.2, 0.25) is 5.02 Å². The van der Waals surface area contributed by atoms with Gasteiger partial charge in [0.25, 0.3) is 5.91 Å². The molecule has 1 aliphatic heterocycles. The zero-order valence-electron chi connectivity index (χ0n) is 17.9. The molecule has 6 nitrogen and oxygen atoms in total. The maximum absolute atomic E-state index is 13.3. The minimum atomic E-state index is -0.514. The van der Waals surface area contributed by atoms with E-state index in [4.69, 9.17) is 16.3 Å².